The maximum absolute atomic E-state index is 5.53. The molecule has 0 atom stereocenters. The first-order chi connectivity index (χ1) is 10.8. The van der Waals surface area contributed by atoms with Gasteiger partial charge in [-0.25, -0.2) is 0 Å². The lowest BCUT2D eigenvalue weighted by molar-refractivity contribution is 0.159. The van der Waals surface area contributed by atoms with Crippen molar-refractivity contribution < 1.29 is 4.74 Å². The number of hydrogen-bond acceptors (Lipinski definition) is 1. The summed E-state index contributed by atoms with van der Waals surface area (Å²) in [6.45, 7) is 6.03. The highest BCUT2D eigenvalue weighted by atomic mass is 16.5. The highest BCUT2D eigenvalue weighted by Crippen LogP contribution is 2.41. The van der Waals surface area contributed by atoms with Gasteiger partial charge in [-0.1, -0.05) is 31.2 Å². The molecule has 0 bridgehead atoms. The van der Waals surface area contributed by atoms with Crippen molar-refractivity contribution in [3.8, 4) is 0 Å². The molecule has 0 spiro atoms. The second-order valence-corrected chi connectivity index (χ2v) is 7.38. The summed E-state index contributed by atoms with van der Waals surface area (Å²) in [5.74, 6) is 3.75. The van der Waals surface area contributed by atoms with Crippen LogP contribution >= 0.6 is 0 Å². The van der Waals surface area contributed by atoms with Gasteiger partial charge in [0.15, 0.2) is 0 Å². The summed E-state index contributed by atoms with van der Waals surface area (Å²) in [5, 5.41) is 0. The van der Waals surface area contributed by atoms with Crippen LogP contribution in [0.5, 0.6) is 0 Å². The molecule has 0 aromatic heterocycles. The summed E-state index contributed by atoms with van der Waals surface area (Å²) in [6.07, 6.45) is 22.0. The highest BCUT2D eigenvalue weighted by molar-refractivity contribution is 4.94. The molecule has 0 aromatic rings. The Balaban J connectivity index is 1.63. The van der Waals surface area contributed by atoms with E-state index in [9.17, 15) is 0 Å². The van der Waals surface area contributed by atoms with Crippen molar-refractivity contribution in [2.75, 3.05) is 13.2 Å². The van der Waals surface area contributed by atoms with Crippen LogP contribution in [0.1, 0.15) is 71.6 Å². The van der Waals surface area contributed by atoms with Crippen LogP contribution in [-0.4, -0.2) is 13.2 Å². The zero-order valence-electron chi connectivity index (χ0n) is 14.8. The van der Waals surface area contributed by atoms with E-state index in [0.29, 0.717) is 0 Å². The van der Waals surface area contributed by atoms with Crippen LogP contribution in [0.2, 0.25) is 0 Å². The summed E-state index contributed by atoms with van der Waals surface area (Å²) >= 11 is 0. The molecule has 2 fully saturated rings. The van der Waals surface area contributed by atoms with Gasteiger partial charge in [-0.3, -0.25) is 0 Å². The first-order valence-corrected chi connectivity index (χ1v) is 9.70. The van der Waals surface area contributed by atoms with Gasteiger partial charge in [-0.05, 0) is 88.4 Å². The molecule has 0 unspecified atom stereocenters. The van der Waals surface area contributed by atoms with Crippen molar-refractivity contribution in [2.24, 2.45) is 23.7 Å². The van der Waals surface area contributed by atoms with Gasteiger partial charge < -0.3 is 4.74 Å². The van der Waals surface area contributed by atoms with E-state index >= 15 is 0 Å². The maximum atomic E-state index is 5.53. The van der Waals surface area contributed by atoms with E-state index in [1.54, 1.807) is 0 Å². The normalized spacial score (nSPS) is 33.7. The molecular weight excluding hydrogens is 268 g/mol. The summed E-state index contributed by atoms with van der Waals surface area (Å²) in [5.41, 5.74) is 0. The van der Waals surface area contributed by atoms with Crippen molar-refractivity contribution in [2.45, 2.75) is 71.6 Å². The second-order valence-electron chi connectivity index (χ2n) is 7.38. The fourth-order valence-corrected chi connectivity index (χ4v) is 4.43. The van der Waals surface area contributed by atoms with Crippen LogP contribution < -0.4 is 0 Å². The van der Waals surface area contributed by atoms with Crippen LogP contribution in [0, 0.1) is 23.7 Å². The summed E-state index contributed by atoms with van der Waals surface area (Å²) in [4.78, 5) is 0. The zero-order chi connectivity index (χ0) is 15.6. The van der Waals surface area contributed by atoms with Gasteiger partial charge in [0.1, 0.15) is 0 Å². The van der Waals surface area contributed by atoms with E-state index in [2.05, 4.69) is 38.2 Å². The highest BCUT2D eigenvalue weighted by Gasteiger charge is 2.29. The van der Waals surface area contributed by atoms with Crippen molar-refractivity contribution in [3.05, 3.63) is 24.3 Å². The Hall–Kier alpha value is -0.560. The summed E-state index contributed by atoms with van der Waals surface area (Å²) in [7, 11) is 0. The SMILES string of the molecule is C/C=C/C1CCC(C2CCC(/C=C/COCCC)CC2)CC1. The quantitative estimate of drug-likeness (QED) is 0.404. The van der Waals surface area contributed by atoms with Gasteiger partial charge in [-0.15, -0.1) is 0 Å². The standard InChI is InChI=1S/C21H36O/c1-3-6-18-8-12-20(13-9-18)21-14-10-19(11-15-21)7-5-17-22-16-4-2/h3,5-7,18-21H,4,8-17H2,1-2H3/b6-3+,7-5+. The molecule has 2 rings (SSSR count). The molecular formula is C21H36O. The number of rotatable bonds is 7. The fraction of sp³-hybridized carbons (Fsp3) is 0.810. The largest absolute Gasteiger partial charge is 0.377 e. The van der Waals surface area contributed by atoms with Gasteiger partial charge >= 0.3 is 0 Å². The third-order valence-corrected chi connectivity index (χ3v) is 5.74. The first kappa shape index (κ1) is 17.8. The van der Waals surface area contributed by atoms with E-state index < -0.39 is 0 Å². The molecule has 0 saturated heterocycles. The van der Waals surface area contributed by atoms with E-state index in [1.807, 2.05) is 0 Å². The smallest absolute Gasteiger partial charge is 0.0647 e. The molecule has 1 nitrogen and oxygen atoms in total. The Morgan fingerprint density at radius 2 is 1.36 bits per heavy atom. The molecule has 126 valence electrons. The molecule has 0 aromatic carbocycles. The molecule has 2 aliphatic rings. The lowest BCUT2D eigenvalue weighted by atomic mass is 9.69. The van der Waals surface area contributed by atoms with E-state index in [0.717, 1.165) is 43.3 Å². The average Bonchev–Trinajstić information content (AvgIpc) is 2.56. The van der Waals surface area contributed by atoms with Crippen molar-refractivity contribution >= 4 is 0 Å². The monoisotopic (exact) mass is 304 g/mol. The van der Waals surface area contributed by atoms with Crippen molar-refractivity contribution in [1.29, 1.82) is 0 Å². The van der Waals surface area contributed by atoms with Crippen LogP contribution in [0.4, 0.5) is 0 Å². The molecule has 0 amide bonds. The topological polar surface area (TPSA) is 9.23 Å². The molecule has 2 aliphatic carbocycles. The molecule has 0 radical (unpaired) electrons. The van der Waals surface area contributed by atoms with Gasteiger partial charge in [0, 0.05) is 6.61 Å². The number of hydrogen-bond donors (Lipinski definition) is 0. The van der Waals surface area contributed by atoms with E-state index in [1.165, 1.54) is 51.4 Å². The Kier molecular flexibility index (Phi) is 8.30. The third kappa shape index (κ3) is 5.91. The summed E-state index contributed by atoms with van der Waals surface area (Å²) < 4.78 is 5.53. The van der Waals surface area contributed by atoms with E-state index in [4.69, 9.17) is 4.74 Å². The lowest BCUT2D eigenvalue weighted by Crippen LogP contribution is -2.25. The Bertz CT molecular complexity index is 328. The van der Waals surface area contributed by atoms with Gasteiger partial charge in [0.25, 0.3) is 0 Å². The molecule has 0 heterocycles. The minimum absolute atomic E-state index is 0.808. The molecule has 0 aliphatic heterocycles. The molecule has 1 heteroatoms. The minimum Gasteiger partial charge on any atom is -0.377 e. The lowest BCUT2D eigenvalue weighted by Gasteiger charge is -2.36. The minimum atomic E-state index is 0.808. The Morgan fingerprint density at radius 1 is 0.818 bits per heavy atom. The third-order valence-electron chi connectivity index (χ3n) is 5.74. The summed E-state index contributed by atoms with van der Waals surface area (Å²) in [6, 6.07) is 0. The van der Waals surface area contributed by atoms with Crippen molar-refractivity contribution in [3.63, 3.8) is 0 Å². The predicted octanol–water partition coefficient (Wildman–Crippen LogP) is 6.16. The van der Waals surface area contributed by atoms with Gasteiger partial charge in [-0.2, -0.15) is 0 Å². The fourth-order valence-electron chi connectivity index (χ4n) is 4.43. The maximum Gasteiger partial charge on any atom is 0.0647 e. The van der Waals surface area contributed by atoms with Crippen LogP contribution in [0.25, 0.3) is 0 Å². The van der Waals surface area contributed by atoms with Crippen LogP contribution in [-0.2, 0) is 4.74 Å². The molecule has 22 heavy (non-hydrogen) atoms. The number of ether oxygens (including phenoxy) is 1. The number of allylic oxidation sites excluding steroid dienone is 3. The van der Waals surface area contributed by atoms with Crippen LogP contribution in [0.3, 0.4) is 0 Å². The predicted molar refractivity (Wildman–Crippen MR) is 96.0 cm³/mol. The Labute approximate surface area is 138 Å². The zero-order valence-corrected chi connectivity index (χ0v) is 14.8. The first-order valence-electron chi connectivity index (χ1n) is 9.70. The Morgan fingerprint density at radius 3 is 1.86 bits per heavy atom. The van der Waals surface area contributed by atoms with Crippen LogP contribution in [0.15, 0.2) is 24.3 Å². The average molecular weight is 305 g/mol. The molecule has 0 N–H and O–H groups in total. The van der Waals surface area contributed by atoms with E-state index in [-0.39, 0.29) is 0 Å². The van der Waals surface area contributed by atoms with Crippen molar-refractivity contribution in [1.82, 2.24) is 0 Å². The molecule has 2 saturated carbocycles. The van der Waals surface area contributed by atoms with Gasteiger partial charge in [0.2, 0.25) is 0 Å². The van der Waals surface area contributed by atoms with Gasteiger partial charge in [0.05, 0.1) is 6.61 Å². The second kappa shape index (κ2) is 10.3.